The van der Waals surface area contributed by atoms with Crippen molar-refractivity contribution in [2.75, 3.05) is 0 Å². The molecule has 1 rings (SSSR count). The Morgan fingerprint density at radius 2 is 1.71 bits per heavy atom. The van der Waals surface area contributed by atoms with E-state index in [9.17, 15) is 0 Å². The second kappa shape index (κ2) is 5.13. The van der Waals surface area contributed by atoms with Gasteiger partial charge in [-0.05, 0) is 12.1 Å². The van der Waals surface area contributed by atoms with E-state index in [1.165, 1.54) is 23.4 Å². The van der Waals surface area contributed by atoms with Crippen LogP contribution in [0.3, 0.4) is 0 Å². The Kier molecular flexibility index (Phi) is 4.39. The molecule has 0 nitrogen and oxygen atoms in total. The number of hydrogen-bond acceptors (Lipinski definition) is 0. The summed E-state index contributed by atoms with van der Waals surface area (Å²) in [5.74, 6) is 0. The summed E-state index contributed by atoms with van der Waals surface area (Å²) in [7, 11) is -1.14. The van der Waals surface area contributed by atoms with Crippen molar-refractivity contribution in [2.45, 2.75) is 38.9 Å². The van der Waals surface area contributed by atoms with Crippen molar-refractivity contribution in [3.8, 4) is 0 Å². The van der Waals surface area contributed by atoms with Crippen LogP contribution in [0.25, 0.3) is 0 Å². The van der Waals surface area contributed by atoms with Crippen LogP contribution in [0.4, 0.5) is 0 Å². The first-order valence-corrected chi connectivity index (χ1v) is 9.32. The fraction of sp³-hybridized carbons (Fsp3) is 0.500. The van der Waals surface area contributed by atoms with E-state index in [0.717, 1.165) is 0 Å². The summed E-state index contributed by atoms with van der Waals surface area (Å²) in [6, 6.07) is 10.3. The molecule has 0 radical (unpaired) electrons. The van der Waals surface area contributed by atoms with Gasteiger partial charge in [0.05, 0.1) is 8.07 Å². The van der Waals surface area contributed by atoms with Gasteiger partial charge < -0.3 is 0 Å². The summed E-state index contributed by atoms with van der Waals surface area (Å²) in [6.45, 7) is 7.20. The maximum absolute atomic E-state index is 3.48. The maximum atomic E-state index is 3.48. The zero-order valence-corrected chi connectivity index (χ0v) is 11.9. The minimum absolute atomic E-state index is 1.14. The standard InChI is InChI=1S/C12H19BrSi/c1-4-5-10-14(2,3)12-8-6-11(13)7-9-12/h6-9H,4-5,10H2,1-3H3. The van der Waals surface area contributed by atoms with Crippen LogP contribution in [0.15, 0.2) is 28.7 Å². The van der Waals surface area contributed by atoms with Crippen LogP contribution in [-0.4, -0.2) is 8.07 Å². The maximum Gasteiger partial charge on any atom is 0.0806 e. The van der Waals surface area contributed by atoms with Crippen LogP contribution >= 0.6 is 15.9 Å². The van der Waals surface area contributed by atoms with Gasteiger partial charge in [-0.25, -0.2) is 0 Å². The minimum Gasteiger partial charge on any atom is -0.0654 e. The van der Waals surface area contributed by atoms with E-state index in [-0.39, 0.29) is 0 Å². The van der Waals surface area contributed by atoms with E-state index in [2.05, 4.69) is 60.2 Å². The van der Waals surface area contributed by atoms with E-state index in [1.54, 1.807) is 5.19 Å². The average Bonchev–Trinajstić information content (AvgIpc) is 2.16. The van der Waals surface area contributed by atoms with E-state index in [0.29, 0.717) is 0 Å². The van der Waals surface area contributed by atoms with Gasteiger partial charge in [0.2, 0.25) is 0 Å². The fourth-order valence-electron chi connectivity index (χ4n) is 1.66. The molecule has 0 heterocycles. The predicted molar refractivity (Wildman–Crippen MR) is 71.0 cm³/mol. The highest BCUT2D eigenvalue weighted by Gasteiger charge is 2.21. The Hall–Kier alpha value is -0.0831. The monoisotopic (exact) mass is 270 g/mol. The zero-order valence-electron chi connectivity index (χ0n) is 9.31. The van der Waals surface area contributed by atoms with Gasteiger partial charge in [0.25, 0.3) is 0 Å². The molecule has 0 saturated carbocycles. The van der Waals surface area contributed by atoms with E-state index >= 15 is 0 Å². The SMILES string of the molecule is CCCC[Si](C)(C)c1ccc(Br)cc1. The summed E-state index contributed by atoms with van der Waals surface area (Å²) in [5, 5.41) is 1.58. The molecule has 78 valence electrons. The van der Waals surface area contributed by atoms with E-state index < -0.39 is 8.07 Å². The molecule has 0 N–H and O–H groups in total. The van der Waals surface area contributed by atoms with E-state index in [4.69, 9.17) is 0 Å². The lowest BCUT2D eigenvalue weighted by Crippen LogP contribution is -2.40. The molecule has 0 amide bonds. The zero-order chi connectivity index (χ0) is 10.6. The molecule has 0 aliphatic rings. The molecule has 1 aromatic rings. The van der Waals surface area contributed by atoms with Crippen LogP contribution in [0.5, 0.6) is 0 Å². The molecule has 2 heteroatoms. The molecule has 0 unspecified atom stereocenters. The van der Waals surface area contributed by atoms with E-state index in [1.807, 2.05) is 0 Å². The fourth-order valence-corrected chi connectivity index (χ4v) is 4.52. The summed E-state index contributed by atoms with van der Waals surface area (Å²) in [6.07, 6.45) is 2.68. The normalized spacial score (nSPS) is 11.7. The van der Waals surface area contributed by atoms with Gasteiger partial charge in [-0.2, -0.15) is 0 Å². The summed E-state index contributed by atoms with van der Waals surface area (Å²) in [5.41, 5.74) is 0. The summed E-state index contributed by atoms with van der Waals surface area (Å²) in [4.78, 5) is 0. The number of halogens is 1. The predicted octanol–water partition coefficient (Wildman–Crippen LogP) is 4.16. The highest BCUT2D eigenvalue weighted by molar-refractivity contribution is 9.10. The van der Waals surface area contributed by atoms with Gasteiger partial charge in [0, 0.05) is 4.47 Å². The third-order valence-corrected chi connectivity index (χ3v) is 6.81. The molecule has 0 bridgehead atoms. The van der Waals surface area contributed by atoms with Gasteiger partial charge in [-0.15, -0.1) is 0 Å². The van der Waals surface area contributed by atoms with Gasteiger partial charge in [0.15, 0.2) is 0 Å². The number of unbranched alkanes of at least 4 members (excludes halogenated alkanes) is 1. The van der Waals surface area contributed by atoms with Gasteiger partial charge >= 0.3 is 0 Å². The lowest BCUT2D eigenvalue weighted by molar-refractivity contribution is 0.870. The van der Waals surface area contributed by atoms with Crippen LogP contribution in [0, 0.1) is 0 Å². The van der Waals surface area contributed by atoms with Crippen molar-refractivity contribution in [2.24, 2.45) is 0 Å². The molecule has 0 fully saturated rings. The largest absolute Gasteiger partial charge is 0.0806 e. The molecule has 14 heavy (non-hydrogen) atoms. The first-order chi connectivity index (χ1) is 6.56. The van der Waals surface area contributed by atoms with Crippen molar-refractivity contribution in [3.05, 3.63) is 28.7 Å². The highest BCUT2D eigenvalue weighted by Crippen LogP contribution is 2.15. The number of hydrogen-bond donors (Lipinski definition) is 0. The Morgan fingerprint density at radius 3 is 2.21 bits per heavy atom. The highest BCUT2D eigenvalue weighted by atomic mass is 79.9. The Labute approximate surface area is 96.9 Å². The molecule has 0 aliphatic carbocycles. The smallest absolute Gasteiger partial charge is 0.0654 e. The van der Waals surface area contributed by atoms with Crippen molar-refractivity contribution < 1.29 is 0 Å². The number of benzene rings is 1. The lowest BCUT2D eigenvalue weighted by Gasteiger charge is -2.22. The third-order valence-electron chi connectivity index (χ3n) is 2.78. The van der Waals surface area contributed by atoms with Crippen molar-refractivity contribution in [3.63, 3.8) is 0 Å². The van der Waals surface area contributed by atoms with Crippen LogP contribution in [0.2, 0.25) is 19.1 Å². The van der Waals surface area contributed by atoms with Gasteiger partial charge in [-0.1, -0.05) is 72.2 Å². The van der Waals surface area contributed by atoms with Crippen molar-refractivity contribution in [1.82, 2.24) is 0 Å². The van der Waals surface area contributed by atoms with Crippen LogP contribution in [0.1, 0.15) is 19.8 Å². The van der Waals surface area contributed by atoms with Crippen LogP contribution in [-0.2, 0) is 0 Å². The van der Waals surface area contributed by atoms with Crippen molar-refractivity contribution >= 4 is 29.2 Å². The average molecular weight is 271 g/mol. The first-order valence-electron chi connectivity index (χ1n) is 5.32. The summed E-state index contributed by atoms with van der Waals surface area (Å²) < 4.78 is 1.18. The number of rotatable bonds is 4. The minimum atomic E-state index is -1.14. The first kappa shape index (κ1) is 12.0. The second-order valence-electron chi connectivity index (χ2n) is 4.49. The lowest BCUT2D eigenvalue weighted by atomic mass is 10.4. The molecule has 0 aliphatic heterocycles. The third kappa shape index (κ3) is 3.25. The van der Waals surface area contributed by atoms with Gasteiger partial charge in [-0.3, -0.25) is 0 Å². The Balaban J connectivity index is 2.75. The summed E-state index contributed by atoms with van der Waals surface area (Å²) >= 11 is 3.48. The molecular weight excluding hydrogens is 252 g/mol. The van der Waals surface area contributed by atoms with Crippen LogP contribution < -0.4 is 5.19 Å². The molecule has 0 atom stereocenters. The molecule has 0 aromatic heterocycles. The topological polar surface area (TPSA) is 0 Å². The molecule has 1 aromatic carbocycles. The molecule has 0 spiro atoms. The van der Waals surface area contributed by atoms with Crippen molar-refractivity contribution in [1.29, 1.82) is 0 Å². The quantitative estimate of drug-likeness (QED) is 0.721. The van der Waals surface area contributed by atoms with Gasteiger partial charge in [0.1, 0.15) is 0 Å². The second-order valence-corrected chi connectivity index (χ2v) is 10.3. The molecule has 0 saturated heterocycles. The molecular formula is C12H19BrSi. The Morgan fingerprint density at radius 1 is 1.14 bits per heavy atom. The Bertz CT molecular complexity index is 277.